The van der Waals surface area contributed by atoms with Crippen LogP contribution in [0.2, 0.25) is 0 Å². The lowest BCUT2D eigenvalue weighted by molar-refractivity contribution is -0.0164. The molecular formula is C21H37BrN4O. The predicted molar refractivity (Wildman–Crippen MR) is 112 cm³/mol. The van der Waals surface area contributed by atoms with Crippen molar-refractivity contribution in [3.63, 3.8) is 0 Å². The third-order valence-electron chi connectivity index (χ3n) is 8.05. The van der Waals surface area contributed by atoms with Gasteiger partial charge in [-0.3, -0.25) is 4.90 Å². The molecule has 5 rings (SSSR count). The molecule has 3 saturated heterocycles. The number of hydrogen-bond donors (Lipinski definition) is 2. The van der Waals surface area contributed by atoms with Crippen molar-refractivity contribution < 1.29 is 4.74 Å². The van der Waals surface area contributed by atoms with Crippen molar-refractivity contribution in [1.82, 2.24) is 20.7 Å². The zero-order valence-corrected chi connectivity index (χ0v) is 18.2. The van der Waals surface area contributed by atoms with E-state index in [1.807, 2.05) is 0 Å². The monoisotopic (exact) mass is 440 g/mol. The van der Waals surface area contributed by atoms with E-state index in [9.17, 15) is 0 Å². The third kappa shape index (κ3) is 3.99. The highest BCUT2D eigenvalue weighted by Crippen LogP contribution is 2.44. The zero-order valence-electron chi connectivity index (χ0n) is 16.6. The molecule has 3 heterocycles. The Morgan fingerprint density at radius 2 is 1.81 bits per heavy atom. The fourth-order valence-corrected chi connectivity index (χ4v) is 7.35. The van der Waals surface area contributed by atoms with Gasteiger partial charge in [-0.2, -0.15) is 0 Å². The molecule has 0 radical (unpaired) electrons. The van der Waals surface area contributed by atoms with Gasteiger partial charge in [0.2, 0.25) is 0 Å². The zero-order chi connectivity index (χ0) is 18.2. The van der Waals surface area contributed by atoms with Crippen LogP contribution in [0.15, 0.2) is 0 Å². The van der Waals surface area contributed by atoms with Crippen LogP contribution in [0, 0.1) is 17.8 Å². The smallest absolute Gasteiger partial charge is 0.0780 e. The Labute approximate surface area is 173 Å². The molecule has 0 amide bonds. The second-order valence-electron chi connectivity index (χ2n) is 9.61. The van der Waals surface area contributed by atoms with Crippen LogP contribution in [0.5, 0.6) is 0 Å². The molecule has 27 heavy (non-hydrogen) atoms. The molecule has 0 aromatic rings. The number of nitrogens with one attached hydrogen (secondary N) is 2. The van der Waals surface area contributed by atoms with E-state index in [1.54, 1.807) is 0 Å². The van der Waals surface area contributed by atoms with Gasteiger partial charge < -0.3 is 10.1 Å². The summed E-state index contributed by atoms with van der Waals surface area (Å²) in [7, 11) is 0. The molecule has 0 spiro atoms. The Morgan fingerprint density at radius 3 is 2.63 bits per heavy atom. The average molecular weight is 441 g/mol. The van der Waals surface area contributed by atoms with Crippen molar-refractivity contribution in [2.75, 3.05) is 39.4 Å². The maximum Gasteiger partial charge on any atom is 0.0780 e. The molecule has 0 aromatic heterocycles. The average Bonchev–Trinajstić information content (AvgIpc) is 3.08. The van der Waals surface area contributed by atoms with Crippen molar-refractivity contribution in [3.8, 4) is 0 Å². The Kier molecular flexibility index (Phi) is 6.11. The topological polar surface area (TPSA) is 39.8 Å². The molecular weight excluding hydrogens is 404 g/mol. The van der Waals surface area contributed by atoms with Gasteiger partial charge in [0, 0.05) is 49.0 Å². The van der Waals surface area contributed by atoms with Gasteiger partial charge in [-0.25, -0.2) is 10.4 Å². The molecule has 5 nitrogen and oxygen atoms in total. The molecule has 2 aliphatic carbocycles. The largest absolute Gasteiger partial charge is 0.379 e. The second-order valence-corrected chi connectivity index (χ2v) is 10.9. The van der Waals surface area contributed by atoms with Crippen LogP contribution in [0.1, 0.15) is 51.4 Å². The van der Waals surface area contributed by atoms with Gasteiger partial charge in [-0.15, -0.1) is 0 Å². The summed E-state index contributed by atoms with van der Waals surface area (Å²) in [5.74, 6) is 2.43. The summed E-state index contributed by atoms with van der Waals surface area (Å²) >= 11 is 3.96. The van der Waals surface area contributed by atoms with Crippen molar-refractivity contribution in [1.29, 1.82) is 0 Å². The molecule has 0 aromatic carbocycles. The number of hydrogen-bond acceptors (Lipinski definition) is 5. The predicted octanol–water partition coefficient (Wildman–Crippen LogP) is 2.57. The van der Waals surface area contributed by atoms with Gasteiger partial charge in [-0.1, -0.05) is 35.2 Å². The van der Waals surface area contributed by atoms with Crippen LogP contribution in [0.25, 0.3) is 0 Å². The van der Waals surface area contributed by atoms with Crippen LogP contribution in [-0.4, -0.2) is 72.4 Å². The SMILES string of the molecule is BrC1CCC2NCC3C(C2C1)C(N1CCOCC1)NN3CC1CCCCC1. The number of ether oxygens (including phenoxy) is 1. The molecule has 2 N–H and O–H groups in total. The van der Waals surface area contributed by atoms with E-state index >= 15 is 0 Å². The quantitative estimate of drug-likeness (QED) is 0.659. The fraction of sp³-hybridized carbons (Fsp3) is 1.00. The Bertz CT molecular complexity index is 497. The highest BCUT2D eigenvalue weighted by atomic mass is 79.9. The number of halogens is 1. The van der Waals surface area contributed by atoms with Crippen LogP contribution in [0.4, 0.5) is 0 Å². The molecule has 6 unspecified atom stereocenters. The maximum atomic E-state index is 5.66. The first-order chi connectivity index (χ1) is 13.3. The van der Waals surface area contributed by atoms with Gasteiger partial charge in [0.25, 0.3) is 0 Å². The van der Waals surface area contributed by atoms with Crippen LogP contribution < -0.4 is 10.7 Å². The van der Waals surface area contributed by atoms with Crippen LogP contribution in [-0.2, 0) is 4.74 Å². The summed E-state index contributed by atoms with van der Waals surface area (Å²) in [5.41, 5.74) is 4.05. The first kappa shape index (κ1) is 19.3. The summed E-state index contributed by atoms with van der Waals surface area (Å²) in [5, 5.41) is 6.64. The van der Waals surface area contributed by atoms with E-state index < -0.39 is 0 Å². The lowest BCUT2D eigenvalue weighted by Crippen LogP contribution is -2.60. The molecule has 6 heteroatoms. The Balaban J connectivity index is 1.36. The number of alkyl halides is 1. The lowest BCUT2D eigenvalue weighted by Gasteiger charge is -2.48. The summed E-state index contributed by atoms with van der Waals surface area (Å²) in [6, 6.07) is 1.37. The normalized spacial score (nSPS) is 44.8. The molecule has 5 fully saturated rings. The van der Waals surface area contributed by atoms with Crippen molar-refractivity contribution in [2.24, 2.45) is 17.8 Å². The van der Waals surface area contributed by atoms with E-state index in [1.165, 1.54) is 64.5 Å². The van der Waals surface area contributed by atoms with E-state index in [4.69, 9.17) is 4.74 Å². The number of morpholine rings is 1. The molecule has 154 valence electrons. The minimum atomic E-state index is 0.509. The van der Waals surface area contributed by atoms with Gasteiger partial charge in [-0.05, 0) is 43.9 Å². The number of piperidine rings is 1. The minimum Gasteiger partial charge on any atom is -0.379 e. The Morgan fingerprint density at radius 1 is 1.00 bits per heavy atom. The van der Waals surface area contributed by atoms with Crippen LogP contribution >= 0.6 is 15.9 Å². The minimum absolute atomic E-state index is 0.509. The first-order valence-corrected chi connectivity index (χ1v) is 12.4. The number of rotatable bonds is 3. The van der Waals surface area contributed by atoms with Gasteiger partial charge >= 0.3 is 0 Å². The maximum absolute atomic E-state index is 5.66. The molecule has 5 aliphatic rings. The highest BCUT2D eigenvalue weighted by molar-refractivity contribution is 9.09. The van der Waals surface area contributed by atoms with Crippen LogP contribution in [0.3, 0.4) is 0 Å². The molecule has 2 saturated carbocycles. The third-order valence-corrected chi connectivity index (χ3v) is 8.88. The number of fused-ring (bicyclic) bond motifs is 3. The van der Waals surface area contributed by atoms with Gasteiger partial charge in [0.15, 0.2) is 0 Å². The fourth-order valence-electron chi connectivity index (χ4n) is 6.66. The first-order valence-electron chi connectivity index (χ1n) is 11.5. The summed E-state index contributed by atoms with van der Waals surface area (Å²) in [6.07, 6.45) is 11.7. The van der Waals surface area contributed by atoms with E-state index in [0.29, 0.717) is 17.0 Å². The van der Waals surface area contributed by atoms with E-state index in [-0.39, 0.29) is 0 Å². The highest BCUT2D eigenvalue weighted by Gasteiger charge is 2.53. The van der Waals surface area contributed by atoms with Crippen molar-refractivity contribution in [3.05, 3.63) is 0 Å². The summed E-state index contributed by atoms with van der Waals surface area (Å²) in [6.45, 7) is 6.37. The lowest BCUT2D eigenvalue weighted by atomic mass is 9.70. The van der Waals surface area contributed by atoms with E-state index in [2.05, 4.69) is 36.6 Å². The standard InChI is InChI=1S/C21H37BrN4O/c22-16-6-7-18-17(12-16)20-19(13-23-18)26(14-15-4-2-1-3-5-15)24-21(20)25-8-10-27-11-9-25/h15-21,23-24H,1-14H2. The molecule has 0 bridgehead atoms. The second kappa shape index (κ2) is 8.57. The number of hydrazine groups is 1. The molecule has 3 aliphatic heterocycles. The van der Waals surface area contributed by atoms with Crippen molar-refractivity contribution >= 4 is 15.9 Å². The van der Waals surface area contributed by atoms with Crippen molar-refractivity contribution in [2.45, 2.75) is 74.4 Å². The summed E-state index contributed by atoms with van der Waals surface area (Å²) < 4.78 is 5.66. The number of nitrogens with zero attached hydrogens (tertiary/aromatic N) is 2. The van der Waals surface area contributed by atoms with Gasteiger partial charge in [0.1, 0.15) is 0 Å². The molecule has 6 atom stereocenters. The summed E-state index contributed by atoms with van der Waals surface area (Å²) in [4.78, 5) is 3.40. The Hall–Kier alpha value is 0.280. The van der Waals surface area contributed by atoms with Gasteiger partial charge in [0.05, 0.1) is 19.4 Å². The van der Waals surface area contributed by atoms with E-state index in [0.717, 1.165) is 50.1 Å².